The highest BCUT2D eigenvalue weighted by atomic mass is 127. The largest absolute Gasteiger partial charge is 0.399 e. The maximum absolute atomic E-state index is 9.26. The van der Waals surface area contributed by atoms with Gasteiger partial charge in [-0.1, -0.05) is 0 Å². The molecule has 1 aromatic carbocycles. The van der Waals surface area contributed by atoms with Gasteiger partial charge in [0.1, 0.15) is 0 Å². The van der Waals surface area contributed by atoms with Gasteiger partial charge in [0.25, 0.3) is 0 Å². The molecule has 0 saturated heterocycles. The molecule has 0 amide bonds. The lowest BCUT2D eigenvalue weighted by molar-refractivity contribution is 0.201. The molecule has 1 unspecified atom stereocenters. The van der Waals surface area contributed by atoms with Gasteiger partial charge in [-0.2, -0.15) is 0 Å². The summed E-state index contributed by atoms with van der Waals surface area (Å²) in [5.41, 5.74) is 7.52. The van der Waals surface area contributed by atoms with E-state index in [1.807, 2.05) is 30.1 Å². The minimum Gasteiger partial charge on any atom is -0.399 e. The molecular formula is C10H15IN2O. The second-order valence-electron chi connectivity index (χ2n) is 3.44. The smallest absolute Gasteiger partial charge is 0.0686 e. The topological polar surface area (TPSA) is 49.5 Å². The number of rotatable bonds is 3. The van der Waals surface area contributed by atoms with Crippen LogP contribution < -0.4 is 10.6 Å². The molecule has 0 bridgehead atoms. The number of aliphatic hydroxyl groups is 1. The standard InChI is InChI=1S/C10H15IN2O/c1-7(14)6-13(2)10-4-3-8(12)5-9(10)11/h3-5,7,14H,6,12H2,1-2H3. The van der Waals surface area contributed by atoms with Crippen LogP contribution in [0.4, 0.5) is 11.4 Å². The lowest BCUT2D eigenvalue weighted by Crippen LogP contribution is -2.27. The zero-order chi connectivity index (χ0) is 10.7. The summed E-state index contributed by atoms with van der Waals surface area (Å²) in [6.07, 6.45) is -0.326. The zero-order valence-corrected chi connectivity index (χ0v) is 10.5. The lowest BCUT2D eigenvalue weighted by Gasteiger charge is -2.22. The van der Waals surface area contributed by atoms with Gasteiger partial charge in [0.2, 0.25) is 0 Å². The first-order valence-electron chi connectivity index (χ1n) is 4.45. The minimum atomic E-state index is -0.326. The molecule has 0 aliphatic heterocycles. The van der Waals surface area contributed by atoms with Crippen molar-refractivity contribution >= 4 is 34.0 Å². The Morgan fingerprint density at radius 1 is 1.57 bits per heavy atom. The molecule has 3 nitrogen and oxygen atoms in total. The van der Waals surface area contributed by atoms with Crippen LogP contribution in [0, 0.1) is 3.57 Å². The molecule has 14 heavy (non-hydrogen) atoms. The summed E-state index contributed by atoms with van der Waals surface area (Å²) in [7, 11) is 1.96. The molecule has 1 rings (SSSR count). The van der Waals surface area contributed by atoms with Crippen molar-refractivity contribution in [1.29, 1.82) is 0 Å². The van der Waals surface area contributed by atoms with E-state index in [0.29, 0.717) is 6.54 Å². The number of nitrogens with zero attached hydrogens (tertiary/aromatic N) is 1. The summed E-state index contributed by atoms with van der Waals surface area (Å²) in [5.74, 6) is 0. The van der Waals surface area contributed by atoms with Crippen molar-refractivity contribution in [1.82, 2.24) is 0 Å². The molecule has 3 N–H and O–H groups in total. The highest BCUT2D eigenvalue weighted by Gasteiger charge is 2.07. The van der Waals surface area contributed by atoms with Crippen LogP contribution in [0.2, 0.25) is 0 Å². The third kappa shape index (κ3) is 3.02. The predicted molar refractivity (Wildman–Crippen MR) is 68.5 cm³/mol. The number of halogens is 1. The Morgan fingerprint density at radius 3 is 2.71 bits per heavy atom. The van der Waals surface area contributed by atoms with Gasteiger partial charge in [-0.25, -0.2) is 0 Å². The summed E-state index contributed by atoms with van der Waals surface area (Å²) >= 11 is 2.24. The maximum atomic E-state index is 9.26. The molecule has 0 spiro atoms. The van der Waals surface area contributed by atoms with E-state index in [1.54, 1.807) is 6.92 Å². The predicted octanol–water partition coefficient (Wildman–Crippen LogP) is 1.69. The molecule has 0 aromatic heterocycles. The van der Waals surface area contributed by atoms with Crippen LogP contribution in [0.5, 0.6) is 0 Å². The lowest BCUT2D eigenvalue weighted by atomic mass is 10.2. The third-order valence-corrected chi connectivity index (χ3v) is 2.79. The number of aliphatic hydroxyl groups excluding tert-OH is 1. The van der Waals surface area contributed by atoms with Crippen molar-refractivity contribution in [3.8, 4) is 0 Å². The van der Waals surface area contributed by atoms with Crippen molar-refractivity contribution in [2.45, 2.75) is 13.0 Å². The Kier molecular flexibility index (Phi) is 4.00. The number of likely N-dealkylation sites (N-methyl/N-ethyl adjacent to an activating group) is 1. The van der Waals surface area contributed by atoms with Crippen LogP contribution in [-0.4, -0.2) is 24.8 Å². The van der Waals surface area contributed by atoms with Gasteiger partial charge in [-0.15, -0.1) is 0 Å². The van der Waals surface area contributed by atoms with E-state index in [9.17, 15) is 5.11 Å². The first-order chi connectivity index (χ1) is 6.50. The minimum absolute atomic E-state index is 0.326. The fraction of sp³-hybridized carbons (Fsp3) is 0.400. The number of nitrogen functional groups attached to an aromatic ring is 1. The number of anilines is 2. The van der Waals surface area contributed by atoms with Crippen LogP contribution in [0.15, 0.2) is 18.2 Å². The van der Waals surface area contributed by atoms with E-state index in [-0.39, 0.29) is 6.10 Å². The number of nitrogens with two attached hydrogens (primary N) is 1. The number of hydrogen-bond donors (Lipinski definition) is 2. The Morgan fingerprint density at radius 2 is 2.21 bits per heavy atom. The summed E-state index contributed by atoms with van der Waals surface area (Å²) < 4.78 is 1.10. The van der Waals surface area contributed by atoms with E-state index in [1.165, 1.54) is 0 Å². The van der Waals surface area contributed by atoms with Crippen LogP contribution in [0.3, 0.4) is 0 Å². The van der Waals surface area contributed by atoms with Crippen molar-refractivity contribution in [3.63, 3.8) is 0 Å². The van der Waals surface area contributed by atoms with Crippen LogP contribution in [0.1, 0.15) is 6.92 Å². The van der Waals surface area contributed by atoms with Gasteiger partial charge in [0.15, 0.2) is 0 Å². The molecule has 0 saturated carbocycles. The van der Waals surface area contributed by atoms with Crippen LogP contribution in [0.25, 0.3) is 0 Å². The van der Waals surface area contributed by atoms with Crippen molar-refractivity contribution in [2.24, 2.45) is 0 Å². The Bertz CT molecular complexity index is 315. The molecular weight excluding hydrogens is 291 g/mol. The summed E-state index contributed by atoms with van der Waals surface area (Å²) in [6.45, 7) is 2.40. The average molecular weight is 306 g/mol. The van der Waals surface area contributed by atoms with E-state index in [4.69, 9.17) is 5.73 Å². The second kappa shape index (κ2) is 4.84. The first-order valence-corrected chi connectivity index (χ1v) is 5.53. The normalized spacial score (nSPS) is 12.6. The number of hydrogen-bond acceptors (Lipinski definition) is 3. The summed E-state index contributed by atoms with van der Waals surface area (Å²) in [6, 6.07) is 5.77. The monoisotopic (exact) mass is 306 g/mol. The van der Waals surface area contributed by atoms with Gasteiger partial charge in [-0.05, 0) is 47.7 Å². The van der Waals surface area contributed by atoms with Crippen LogP contribution in [-0.2, 0) is 0 Å². The molecule has 1 atom stereocenters. The Balaban J connectivity index is 2.84. The molecule has 0 heterocycles. The molecule has 78 valence electrons. The highest BCUT2D eigenvalue weighted by Crippen LogP contribution is 2.23. The fourth-order valence-corrected chi connectivity index (χ4v) is 2.28. The van der Waals surface area contributed by atoms with E-state index < -0.39 is 0 Å². The molecule has 4 heteroatoms. The zero-order valence-electron chi connectivity index (χ0n) is 8.37. The molecule has 0 radical (unpaired) electrons. The molecule has 0 aliphatic carbocycles. The highest BCUT2D eigenvalue weighted by molar-refractivity contribution is 14.1. The molecule has 0 aliphatic rings. The molecule has 0 fully saturated rings. The Labute approximate surface area is 98.0 Å². The van der Waals surface area contributed by atoms with Gasteiger partial charge in [0.05, 0.1) is 11.8 Å². The molecule has 1 aromatic rings. The summed E-state index contributed by atoms with van der Waals surface area (Å²) in [4.78, 5) is 2.02. The van der Waals surface area contributed by atoms with E-state index >= 15 is 0 Å². The average Bonchev–Trinajstić information content (AvgIpc) is 2.01. The van der Waals surface area contributed by atoms with Crippen molar-refractivity contribution in [2.75, 3.05) is 24.2 Å². The van der Waals surface area contributed by atoms with E-state index in [0.717, 1.165) is 14.9 Å². The van der Waals surface area contributed by atoms with Crippen LogP contribution >= 0.6 is 22.6 Å². The van der Waals surface area contributed by atoms with Crippen molar-refractivity contribution < 1.29 is 5.11 Å². The number of benzene rings is 1. The van der Waals surface area contributed by atoms with Gasteiger partial charge >= 0.3 is 0 Å². The van der Waals surface area contributed by atoms with Gasteiger partial charge in [0, 0.05) is 22.8 Å². The Hall–Kier alpha value is -0.490. The SMILES string of the molecule is CC(O)CN(C)c1ccc(N)cc1I. The second-order valence-corrected chi connectivity index (χ2v) is 4.60. The van der Waals surface area contributed by atoms with E-state index in [2.05, 4.69) is 22.6 Å². The third-order valence-electron chi connectivity index (χ3n) is 1.92. The maximum Gasteiger partial charge on any atom is 0.0686 e. The van der Waals surface area contributed by atoms with Crippen molar-refractivity contribution in [3.05, 3.63) is 21.8 Å². The summed E-state index contributed by atoms with van der Waals surface area (Å²) in [5, 5.41) is 9.26. The first kappa shape index (κ1) is 11.6. The quantitative estimate of drug-likeness (QED) is 0.660. The van der Waals surface area contributed by atoms with Gasteiger partial charge < -0.3 is 15.7 Å². The fourth-order valence-electron chi connectivity index (χ4n) is 1.33. The van der Waals surface area contributed by atoms with Gasteiger partial charge in [-0.3, -0.25) is 0 Å².